The predicted molar refractivity (Wildman–Crippen MR) is 117 cm³/mol. The maximum Gasteiger partial charge on any atom is 0.258 e. The molecule has 8 nitrogen and oxygen atoms in total. The summed E-state index contributed by atoms with van der Waals surface area (Å²) < 4.78 is 6.28. The maximum absolute atomic E-state index is 12.7. The second kappa shape index (κ2) is 8.70. The molecule has 2 unspecified atom stereocenters. The fraction of sp³-hybridized carbons (Fsp3) is 0.100. The number of nitrogens with one attached hydrogen (secondary N) is 1. The van der Waals surface area contributed by atoms with E-state index in [4.69, 9.17) is 14.9 Å². The first kappa shape index (κ1) is 20.1. The van der Waals surface area contributed by atoms with Gasteiger partial charge in [0.05, 0.1) is 20.8 Å². The molecule has 0 radical (unpaired) electrons. The molecule has 152 valence electrons. The van der Waals surface area contributed by atoms with Crippen LogP contribution in [0.4, 0.5) is 0 Å². The first-order valence-electron chi connectivity index (χ1n) is 8.97. The van der Waals surface area contributed by atoms with E-state index in [1.807, 2.05) is 25.1 Å². The van der Waals surface area contributed by atoms with Crippen molar-refractivity contribution >= 4 is 36.3 Å². The van der Waals surface area contributed by atoms with E-state index in [1.165, 1.54) is 6.20 Å². The van der Waals surface area contributed by atoms with E-state index in [2.05, 4.69) is 30.5 Å². The third kappa shape index (κ3) is 4.09. The number of hydrogen-bond acceptors (Lipinski definition) is 7. The Morgan fingerprint density at radius 1 is 1.03 bits per heavy atom. The summed E-state index contributed by atoms with van der Waals surface area (Å²) in [4.78, 5) is 25.0. The number of rotatable bonds is 5. The van der Waals surface area contributed by atoms with Crippen LogP contribution in [0.3, 0.4) is 0 Å². The number of carbonyl (C=O) groups excluding carboxylic acids is 1. The van der Waals surface area contributed by atoms with Gasteiger partial charge in [-0.05, 0) is 54.0 Å². The Balaban J connectivity index is 1.65. The highest BCUT2D eigenvalue weighted by Crippen LogP contribution is 2.62. The average Bonchev–Trinajstić information content (AvgIpc) is 3.10. The van der Waals surface area contributed by atoms with Crippen LogP contribution in [-0.4, -0.2) is 31.1 Å². The summed E-state index contributed by atoms with van der Waals surface area (Å²) in [7, 11) is 4.30. The normalized spacial score (nSPS) is 21.1. The van der Waals surface area contributed by atoms with Crippen LogP contribution in [0.25, 0.3) is 0 Å². The van der Waals surface area contributed by atoms with E-state index in [1.54, 1.807) is 49.1 Å². The van der Waals surface area contributed by atoms with Gasteiger partial charge in [0.2, 0.25) is 5.17 Å². The molecule has 2 atom stereocenters. The van der Waals surface area contributed by atoms with Crippen LogP contribution in [0.2, 0.25) is 0 Å². The van der Waals surface area contributed by atoms with Crippen LogP contribution in [0.5, 0.6) is 0 Å². The molecule has 0 saturated carbocycles. The van der Waals surface area contributed by atoms with Gasteiger partial charge in [0.25, 0.3) is 5.91 Å². The topological polar surface area (TPSA) is 102 Å². The summed E-state index contributed by atoms with van der Waals surface area (Å²) in [5, 5.41) is 11.7. The third-order valence-electron chi connectivity index (χ3n) is 4.18. The molecule has 1 amide bonds. The first-order chi connectivity index (χ1) is 14.6. The summed E-state index contributed by atoms with van der Waals surface area (Å²) in [6.07, 6.45) is 7.51. The molecule has 3 aromatic heterocycles. The van der Waals surface area contributed by atoms with E-state index in [-0.39, 0.29) is 5.17 Å². The minimum atomic E-state index is -2.74. The van der Waals surface area contributed by atoms with Crippen molar-refractivity contribution in [2.24, 2.45) is 10.2 Å². The smallest absolute Gasteiger partial charge is 0.258 e. The fourth-order valence-corrected chi connectivity index (χ4v) is 5.42. The van der Waals surface area contributed by atoms with Crippen molar-refractivity contribution in [2.45, 2.75) is 13.0 Å². The Hall–Kier alpha value is -3.14. The standard InChI is InChI=1S/C20H17ClN6O2S/c1-14(17-6-2-3-10-24-17)29-30(21)19(15-7-11-22-12-8-15)26-27-20(30)25-18(28)16-5-4-9-23-13-16/h2-14H,1H3,(H,25,27,28). The Morgan fingerprint density at radius 3 is 2.57 bits per heavy atom. The summed E-state index contributed by atoms with van der Waals surface area (Å²) in [6, 6.07) is 12.4. The molecule has 4 heterocycles. The SMILES string of the molecule is CC(OS1(Cl)C(NC(=O)c2cccnc2)=NN=C1c1ccncc1)c1ccccn1. The molecule has 0 saturated heterocycles. The van der Waals surface area contributed by atoms with Gasteiger partial charge in [-0.25, -0.2) is 0 Å². The van der Waals surface area contributed by atoms with Crippen LogP contribution >= 0.6 is 20.2 Å². The van der Waals surface area contributed by atoms with Crippen molar-refractivity contribution < 1.29 is 8.98 Å². The largest absolute Gasteiger partial charge is 0.301 e. The fourth-order valence-electron chi connectivity index (χ4n) is 2.70. The van der Waals surface area contributed by atoms with E-state index in [9.17, 15) is 4.79 Å². The van der Waals surface area contributed by atoms with Crippen molar-refractivity contribution in [3.05, 3.63) is 90.3 Å². The van der Waals surface area contributed by atoms with Crippen molar-refractivity contribution in [2.75, 3.05) is 0 Å². The molecular weight excluding hydrogens is 424 g/mol. The number of hydrogen-bond donors (Lipinski definition) is 1. The second-order valence-corrected chi connectivity index (χ2v) is 9.46. The van der Waals surface area contributed by atoms with E-state index >= 15 is 0 Å². The van der Waals surface area contributed by atoms with Gasteiger partial charge in [0.1, 0.15) is 6.10 Å². The molecule has 3 aromatic rings. The number of carbonyl (C=O) groups is 1. The summed E-state index contributed by atoms with van der Waals surface area (Å²) >= 11 is 0. The Morgan fingerprint density at radius 2 is 1.87 bits per heavy atom. The van der Waals surface area contributed by atoms with Crippen LogP contribution in [0, 0.1) is 0 Å². The van der Waals surface area contributed by atoms with Gasteiger partial charge in [-0.2, -0.15) is 0 Å². The molecule has 4 rings (SSSR count). The Bertz CT molecular complexity index is 1100. The van der Waals surface area contributed by atoms with Crippen molar-refractivity contribution in [3.63, 3.8) is 0 Å². The second-order valence-electron chi connectivity index (χ2n) is 6.22. The van der Waals surface area contributed by atoms with Crippen molar-refractivity contribution in [1.82, 2.24) is 20.3 Å². The number of pyridine rings is 3. The first-order valence-corrected chi connectivity index (χ1v) is 11.4. The maximum atomic E-state index is 12.7. The number of aromatic nitrogens is 3. The molecule has 0 aromatic carbocycles. The van der Waals surface area contributed by atoms with Gasteiger partial charge in [0.15, 0.2) is 5.04 Å². The lowest BCUT2D eigenvalue weighted by atomic mass is 10.2. The molecule has 0 fully saturated rings. The highest BCUT2D eigenvalue weighted by molar-refractivity contribution is 8.67. The van der Waals surface area contributed by atoms with Gasteiger partial charge < -0.3 is 4.18 Å². The zero-order valence-electron chi connectivity index (χ0n) is 15.8. The van der Waals surface area contributed by atoms with Crippen LogP contribution in [0.1, 0.15) is 34.6 Å². The minimum absolute atomic E-state index is 0.146. The summed E-state index contributed by atoms with van der Waals surface area (Å²) in [5.41, 5.74) is 1.77. The molecule has 1 aliphatic rings. The lowest BCUT2D eigenvalue weighted by Gasteiger charge is -2.32. The van der Waals surface area contributed by atoms with Crippen LogP contribution in [-0.2, 0) is 4.18 Å². The van der Waals surface area contributed by atoms with Crippen molar-refractivity contribution in [1.29, 1.82) is 0 Å². The number of amidine groups is 1. The zero-order valence-corrected chi connectivity index (χ0v) is 17.4. The lowest BCUT2D eigenvalue weighted by molar-refractivity contribution is 0.0977. The quantitative estimate of drug-likeness (QED) is 0.646. The van der Waals surface area contributed by atoms with Gasteiger partial charge >= 0.3 is 0 Å². The Labute approximate surface area is 179 Å². The highest BCUT2D eigenvalue weighted by Gasteiger charge is 2.43. The van der Waals surface area contributed by atoms with Gasteiger partial charge in [-0.15, -0.1) is 10.2 Å². The zero-order chi connectivity index (χ0) is 21.0. The average molecular weight is 441 g/mol. The molecule has 0 spiro atoms. The molecule has 0 bridgehead atoms. The van der Waals surface area contributed by atoms with E-state index < -0.39 is 21.5 Å². The Kier molecular flexibility index (Phi) is 5.84. The van der Waals surface area contributed by atoms with Crippen LogP contribution in [0.15, 0.2) is 83.7 Å². The molecule has 0 aliphatic carbocycles. The molecule has 30 heavy (non-hydrogen) atoms. The molecule has 10 heteroatoms. The molecular formula is C20H17ClN6O2S. The van der Waals surface area contributed by atoms with E-state index in [0.29, 0.717) is 21.9 Å². The van der Waals surface area contributed by atoms with Gasteiger partial charge in [0, 0.05) is 36.5 Å². The number of nitrogens with zero attached hydrogens (tertiary/aromatic N) is 5. The number of amides is 1. The molecule has 1 aliphatic heterocycles. The monoisotopic (exact) mass is 440 g/mol. The van der Waals surface area contributed by atoms with Gasteiger partial charge in [-0.1, -0.05) is 6.07 Å². The van der Waals surface area contributed by atoms with Crippen LogP contribution < -0.4 is 5.32 Å². The highest BCUT2D eigenvalue weighted by atomic mass is 35.7. The molecule has 1 N–H and O–H groups in total. The third-order valence-corrected chi connectivity index (χ3v) is 7.33. The lowest BCUT2D eigenvalue weighted by Crippen LogP contribution is -2.34. The predicted octanol–water partition coefficient (Wildman–Crippen LogP) is 3.98. The minimum Gasteiger partial charge on any atom is -0.301 e. The number of halogens is 1. The van der Waals surface area contributed by atoms with Gasteiger partial charge in [-0.3, -0.25) is 25.1 Å². The summed E-state index contributed by atoms with van der Waals surface area (Å²) in [5.74, 6) is -0.403. The summed E-state index contributed by atoms with van der Waals surface area (Å²) in [6.45, 7) is 1.84. The van der Waals surface area contributed by atoms with Crippen molar-refractivity contribution in [3.8, 4) is 0 Å². The van der Waals surface area contributed by atoms with E-state index in [0.717, 1.165) is 0 Å².